The Morgan fingerprint density at radius 3 is 2.27 bits per heavy atom. The van der Waals surface area contributed by atoms with Gasteiger partial charge in [0.15, 0.2) is 11.5 Å². The summed E-state index contributed by atoms with van der Waals surface area (Å²) in [4.78, 5) is 38.9. The Kier molecular flexibility index (Phi) is 6.25. The molecule has 0 heterocycles. The Morgan fingerprint density at radius 2 is 1.70 bits per heavy atom. The first-order valence-corrected chi connectivity index (χ1v) is 14.0. The van der Waals surface area contributed by atoms with E-state index < -0.39 is 83.0 Å². The topological polar surface area (TPSA) is 99.1 Å². The standard InChI is InChI=1S/C30H39F3O7/c1-15-10-17-18-12-20(32)19-11-16(34)8-9-27(19,6)29(18,33)21(35)13-28(17,7)30(15,23(36)38-14-31)40-24(37)39-22-25(2,3)26(22,4)5/h8-9,11,15,17-18,20-22,35H,10,12-14H2,1-7H3/t15-,17+,18+,20+,21+,27+,28+,29+,30+/m1/s1. The van der Waals surface area contributed by atoms with E-state index in [0.717, 1.165) is 6.08 Å². The Labute approximate surface area is 232 Å². The van der Waals surface area contributed by atoms with Crippen molar-refractivity contribution < 1.29 is 46.9 Å². The lowest BCUT2D eigenvalue weighted by Gasteiger charge is -2.62. The number of allylic oxidation sites excluding steroid dienone is 4. The van der Waals surface area contributed by atoms with Crippen molar-refractivity contribution in [3.05, 3.63) is 23.8 Å². The van der Waals surface area contributed by atoms with Crippen molar-refractivity contribution >= 4 is 17.9 Å². The number of fused-ring (bicyclic) bond motifs is 5. The molecule has 5 aliphatic carbocycles. The zero-order valence-electron chi connectivity index (χ0n) is 24.1. The molecule has 0 aromatic rings. The van der Waals surface area contributed by atoms with E-state index in [0.29, 0.717) is 0 Å². The van der Waals surface area contributed by atoms with E-state index in [2.05, 4.69) is 0 Å². The van der Waals surface area contributed by atoms with Crippen molar-refractivity contribution in [1.82, 2.24) is 0 Å². The third-order valence-corrected chi connectivity index (χ3v) is 12.0. The molecule has 0 aromatic heterocycles. The van der Waals surface area contributed by atoms with Crippen LogP contribution in [0.15, 0.2) is 23.8 Å². The largest absolute Gasteiger partial charge is 0.509 e. The molecule has 5 rings (SSSR count). The summed E-state index contributed by atoms with van der Waals surface area (Å²) in [6.07, 6.45) is -2.02. The lowest BCUT2D eigenvalue weighted by molar-refractivity contribution is -0.235. The molecule has 9 atom stereocenters. The van der Waals surface area contributed by atoms with E-state index in [9.17, 15) is 23.9 Å². The highest BCUT2D eigenvalue weighted by atomic mass is 19.1. The van der Waals surface area contributed by atoms with Gasteiger partial charge in [-0.25, -0.2) is 22.8 Å². The van der Waals surface area contributed by atoms with Gasteiger partial charge < -0.3 is 19.3 Å². The second kappa shape index (κ2) is 8.58. The van der Waals surface area contributed by atoms with Crippen LogP contribution in [0.2, 0.25) is 0 Å². The molecule has 4 fully saturated rings. The van der Waals surface area contributed by atoms with Crippen LogP contribution in [0.3, 0.4) is 0 Å². The molecule has 5 aliphatic rings. The number of hydrogen-bond acceptors (Lipinski definition) is 7. The van der Waals surface area contributed by atoms with E-state index in [-0.39, 0.29) is 35.7 Å². The van der Waals surface area contributed by atoms with Gasteiger partial charge in [-0.3, -0.25) is 4.79 Å². The zero-order chi connectivity index (χ0) is 29.8. The van der Waals surface area contributed by atoms with Crippen LogP contribution >= 0.6 is 0 Å². The summed E-state index contributed by atoms with van der Waals surface area (Å²) in [7, 11) is 0. The molecule has 0 unspecified atom stereocenters. The first kappa shape index (κ1) is 29.1. The molecule has 0 bridgehead atoms. The number of halogens is 3. The van der Waals surface area contributed by atoms with E-state index in [4.69, 9.17) is 14.2 Å². The molecule has 0 radical (unpaired) electrons. The van der Waals surface area contributed by atoms with Gasteiger partial charge in [-0.1, -0.05) is 47.6 Å². The number of ether oxygens (including phenoxy) is 3. The SMILES string of the molecule is C[C@@H]1C[C@H]2[C@@H]3C[C@H](F)C4=CC(=O)C=C[C@]4(C)[C@@]3(F)[C@@H](O)C[C@]2(C)[C@@]1(OC(=O)OC1C(C)(C)C1(C)C)C(=O)OCF. The maximum absolute atomic E-state index is 17.5. The number of carbonyl (C=O) groups excluding carboxylic acids is 3. The van der Waals surface area contributed by atoms with Gasteiger partial charge >= 0.3 is 12.1 Å². The van der Waals surface area contributed by atoms with Gasteiger partial charge in [-0.05, 0) is 49.8 Å². The van der Waals surface area contributed by atoms with E-state index >= 15 is 8.78 Å². The minimum Gasteiger partial charge on any atom is -0.431 e. The van der Waals surface area contributed by atoms with Crippen LogP contribution < -0.4 is 0 Å². The van der Waals surface area contributed by atoms with Crippen molar-refractivity contribution in [3.63, 3.8) is 0 Å². The second-order valence-corrected chi connectivity index (χ2v) is 14.1. The minimum absolute atomic E-state index is 0.0231. The monoisotopic (exact) mass is 568 g/mol. The summed E-state index contributed by atoms with van der Waals surface area (Å²) in [6, 6.07) is 0. The summed E-state index contributed by atoms with van der Waals surface area (Å²) in [6.45, 7) is 10.9. The molecule has 1 N–H and O–H groups in total. The molecule has 10 heteroatoms. The van der Waals surface area contributed by atoms with Crippen molar-refractivity contribution in [2.75, 3.05) is 6.86 Å². The average molecular weight is 569 g/mol. The number of aliphatic hydroxyl groups excluding tert-OH is 1. The van der Waals surface area contributed by atoms with Crippen molar-refractivity contribution in [2.45, 2.75) is 97.4 Å². The minimum atomic E-state index is -2.38. The molecule has 222 valence electrons. The molecule has 0 spiro atoms. The lowest BCUT2D eigenvalue weighted by Crippen LogP contribution is -2.71. The van der Waals surface area contributed by atoms with Crippen molar-refractivity contribution in [2.24, 2.45) is 39.4 Å². The number of alkyl halides is 3. The Hall–Kier alpha value is -2.36. The average Bonchev–Trinajstić information content (AvgIpc) is 3.11. The maximum Gasteiger partial charge on any atom is 0.509 e. The molecule has 7 nitrogen and oxygen atoms in total. The fourth-order valence-electron chi connectivity index (χ4n) is 9.06. The number of carbonyl (C=O) groups is 3. The Bertz CT molecular complexity index is 1200. The van der Waals surface area contributed by atoms with Crippen molar-refractivity contribution in [3.8, 4) is 0 Å². The predicted molar refractivity (Wildman–Crippen MR) is 137 cm³/mol. The first-order valence-electron chi connectivity index (χ1n) is 14.0. The Balaban J connectivity index is 1.56. The summed E-state index contributed by atoms with van der Waals surface area (Å²) < 4.78 is 62.9. The number of rotatable bonds is 4. The van der Waals surface area contributed by atoms with E-state index in [1.165, 1.54) is 19.1 Å². The van der Waals surface area contributed by atoms with Crippen LogP contribution in [0.5, 0.6) is 0 Å². The van der Waals surface area contributed by atoms with Gasteiger partial charge in [-0.2, -0.15) is 0 Å². The van der Waals surface area contributed by atoms with E-state index in [1.807, 2.05) is 27.7 Å². The summed E-state index contributed by atoms with van der Waals surface area (Å²) >= 11 is 0. The molecule has 0 amide bonds. The molecule has 4 saturated carbocycles. The maximum atomic E-state index is 17.5. The fraction of sp³-hybridized carbons (Fsp3) is 0.767. The van der Waals surface area contributed by atoms with Crippen LogP contribution in [-0.4, -0.2) is 59.5 Å². The highest BCUT2D eigenvalue weighted by Gasteiger charge is 2.79. The zero-order valence-corrected chi connectivity index (χ0v) is 24.1. The third-order valence-electron chi connectivity index (χ3n) is 12.0. The molecule has 40 heavy (non-hydrogen) atoms. The quantitative estimate of drug-likeness (QED) is 0.457. The lowest BCUT2D eigenvalue weighted by atomic mass is 9.44. The van der Waals surface area contributed by atoms with Gasteiger partial charge in [0.05, 0.1) is 6.10 Å². The molecular weight excluding hydrogens is 529 g/mol. The van der Waals surface area contributed by atoms with Gasteiger partial charge in [0, 0.05) is 33.5 Å². The van der Waals surface area contributed by atoms with Crippen molar-refractivity contribution in [1.29, 1.82) is 0 Å². The van der Waals surface area contributed by atoms with Gasteiger partial charge in [0.2, 0.25) is 12.5 Å². The molecular formula is C30H39F3O7. The second-order valence-electron chi connectivity index (χ2n) is 14.1. The predicted octanol–water partition coefficient (Wildman–Crippen LogP) is 5.35. The molecule has 0 saturated heterocycles. The van der Waals surface area contributed by atoms with E-state index in [1.54, 1.807) is 13.8 Å². The molecule has 0 aliphatic heterocycles. The van der Waals surface area contributed by atoms with Crippen LogP contribution in [0.4, 0.5) is 18.0 Å². The summed E-state index contributed by atoms with van der Waals surface area (Å²) in [5, 5.41) is 11.5. The smallest absolute Gasteiger partial charge is 0.431 e. The molecule has 0 aromatic carbocycles. The number of hydrogen-bond donors (Lipinski definition) is 1. The van der Waals surface area contributed by atoms with Crippen LogP contribution in [0.1, 0.15) is 67.7 Å². The fourth-order valence-corrected chi connectivity index (χ4v) is 9.06. The summed E-state index contributed by atoms with van der Waals surface area (Å²) in [5.74, 6) is -4.27. The van der Waals surface area contributed by atoms with Gasteiger partial charge in [-0.15, -0.1) is 0 Å². The highest BCUT2D eigenvalue weighted by Crippen LogP contribution is 2.72. The number of esters is 1. The highest BCUT2D eigenvalue weighted by molar-refractivity contribution is 6.01. The summed E-state index contributed by atoms with van der Waals surface area (Å²) in [5.41, 5.74) is -8.29. The van der Waals surface area contributed by atoms with Gasteiger partial charge in [0.1, 0.15) is 12.3 Å². The third kappa shape index (κ3) is 3.31. The first-order chi connectivity index (χ1) is 18.4. The number of aliphatic hydroxyl groups is 1. The van der Waals surface area contributed by atoms with Crippen LogP contribution in [-0.2, 0) is 23.8 Å². The normalized spacial score (nSPS) is 46.4. The Morgan fingerprint density at radius 1 is 1.07 bits per heavy atom. The van der Waals surface area contributed by atoms with Crippen LogP contribution in [0, 0.1) is 39.4 Å². The van der Waals surface area contributed by atoms with Gasteiger partial charge in [0.25, 0.3) is 0 Å². The number of ketones is 1. The van der Waals surface area contributed by atoms with Crippen LogP contribution in [0.25, 0.3) is 0 Å².